The molecule has 0 radical (unpaired) electrons. The molecule has 0 saturated carbocycles. The second-order valence-electron chi connectivity index (χ2n) is 7.39. The molecular formula is C24H20BrFN2O3. The van der Waals surface area contributed by atoms with Crippen molar-refractivity contribution in [1.82, 2.24) is 4.90 Å². The number of nitrogens with zero attached hydrogens (tertiary/aromatic N) is 1. The van der Waals surface area contributed by atoms with Gasteiger partial charge in [-0.15, -0.1) is 0 Å². The Hall–Kier alpha value is -3.19. The van der Waals surface area contributed by atoms with Crippen LogP contribution in [-0.4, -0.2) is 29.9 Å². The van der Waals surface area contributed by atoms with Crippen molar-refractivity contribution in [2.45, 2.75) is 19.1 Å². The Kier molecular flexibility index (Phi) is 6.04. The second-order valence-corrected chi connectivity index (χ2v) is 8.30. The predicted molar refractivity (Wildman–Crippen MR) is 120 cm³/mol. The number of ether oxygens (including phenoxy) is 1. The van der Waals surface area contributed by atoms with Crippen LogP contribution in [0.3, 0.4) is 0 Å². The first-order chi connectivity index (χ1) is 14.9. The van der Waals surface area contributed by atoms with E-state index in [2.05, 4.69) is 21.2 Å². The highest BCUT2D eigenvalue weighted by atomic mass is 79.9. The van der Waals surface area contributed by atoms with E-state index < -0.39 is 6.10 Å². The maximum Gasteiger partial charge on any atom is 0.265 e. The number of halogens is 2. The topological polar surface area (TPSA) is 58.6 Å². The van der Waals surface area contributed by atoms with Crippen LogP contribution in [0.15, 0.2) is 71.2 Å². The molecule has 158 valence electrons. The smallest absolute Gasteiger partial charge is 0.265 e. The number of rotatable bonds is 5. The van der Waals surface area contributed by atoms with Crippen molar-refractivity contribution in [1.29, 1.82) is 0 Å². The molecule has 5 nitrogen and oxygen atoms in total. The molecule has 3 aromatic rings. The zero-order valence-corrected chi connectivity index (χ0v) is 18.4. The normalized spacial score (nSPS) is 14.5. The van der Waals surface area contributed by atoms with E-state index in [9.17, 15) is 14.0 Å². The highest BCUT2D eigenvalue weighted by Gasteiger charge is 2.29. The molecule has 0 bridgehead atoms. The van der Waals surface area contributed by atoms with Crippen LogP contribution in [0.1, 0.15) is 21.5 Å². The van der Waals surface area contributed by atoms with Gasteiger partial charge in [0.15, 0.2) is 6.10 Å². The fourth-order valence-electron chi connectivity index (χ4n) is 3.49. The highest BCUT2D eigenvalue weighted by molar-refractivity contribution is 9.10. The molecule has 1 unspecified atom stereocenters. The van der Waals surface area contributed by atoms with Gasteiger partial charge in [0.1, 0.15) is 11.6 Å². The summed E-state index contributed by atoms with van der Waals surface area (Å²) >= 11 is 3.32. The van der Waals surface area contributed by atoms with Crippen LogP contribution in [0, 0.1) is 5.82 Å². The standard InChI is InChI=1S/C24H20BrFN2O3/c1-28(14-17-11-18(25)9-10-20(17)26)24(30)16-6-4-7-19(12-16)27-23(29)22-13-15-5-2-3-8-21(15)31-22/h2-12,22H,13-14H2,1H3,(H,27,29). The summed E-state index contributed by atoms with van der Waals surface area (Å²) in [5, 5.41) is 2.82. The number of anilines is 1. The summed E-state index contributed by atoms with van der Waals surface area (Å²) in [5.74, 6) is -0.209. The molecule has 3 aromatic carbocycles. The third kappa shape index (κ3) is 4.77. The summed E-state index contributed by atoms with van der Waals surface area (Å²) in [6.45, 7) is 0.120. The molecule has 1 N–H and O–H groups in total. The van der Waals surface area contributed by atoms with E-state index in [0.29, 0.717) is 29.0 Å². The Morgan fingerprint density at radius 3 is 2.74 bits per heavy atom. The zero-order valence-electron chi connectivity index (χ0n) is 16.8. The van der Waals surface area contributed by atoms with Crippen LogP contribution in [0.4, 0.5) is 10.1 Å². The molecule has 0 saturated heterocycles. The van der Waals surface area contributed by atoms with E-state index in [4.69, 9.17) is 4.74 Å². The first-order valence-corrected chi connectivity index (χ1v) is 10.5. The average molecular weight is 483 g/mol. The predicted octanol–water partition coefficient (Wildman–Crippen LogP) is 4.80. The molecular weight excluding hydrogens is 463 g/mol. The number of hydrogen-bond acceptors (Lipinski definition) is 3. The molecule has 1 heterocycles. The van der Waals surface area contributed by atoms with Gasteiger partial charge in [0.25, 0.3) is 11.8 Å². The molecule has 0 aliphatic carbocycles. The number of carbonyl (C=O) groups excluding carboxylic acids is 2. The van der Waals surface area contributed by atoms with Gasteiger partial charge in [-0.2, -0.15) is 0 Å². The van der Waals surface area contributed by atoms with Gasteiger partial charge in [0.05, 0.1) is 0 Å². The van der Waals surface area contributed by atoms with Gasteiger partial charge in [0, 0.05) is 41.3 Å². The maximum atomic E-state index is 14.0. The minimum atomic E-state index is -0.612. The lowest BCUT2D eigenvalue weighted by atomic mass is 10.1. The van der Waals surface area contributed by atoms with Crippen LogP contribution < -0.4 is 10.1 Å². The number of para-hydroxylation sites is 1. The summed E-state index contributed by atoms with van der Waals surface area (Å²) in [6, 6.07) is 18.8. The minimum absolute atomic E-state index is 0.120. The fourth-order valence-corrected chi connectivity index (χ4v) is 3.90. The van der Waals surface area contributed by atoms with Crippen molar-refractivity contribution < 1.29 is 18.7 Å². The first-order valence-electron chi connectivity index (χ1n) is 9.75. The monoisotopic (exact) mass is 482 g/mol. The van der Waals surface area contributed by atoms with Crippen molar-refractivity contribution in [3.63, 3.8) is 0 Å². The van der Waals surface area contributed by atoms with E-state index in [1.807, 2.05) is 24.3 Å². The largest absolute Gasteiger partial charge is 0.480 e. The van der Waals surface area contributed by atoms with E-state index in [1.165, 1.54) is 11.0 Å². The second kappa shape index (κ2) is 8.89. The van der Waals surface area contributed by atoms with Crippen molar-refractivity contribution in [2.75, 3.05) is 12.4 Å². The van der Waals surface area contributed by atoms with Crippen LogP contribution in [0.2, 0.25) is 0 Å². The number of fused-ring (bicyclic) bond motifs is 1. The molecule has 1 aliphatic heterocycles. The Bertz CT molecular complexity index is 1130. The molecule has 0 fully saturated rings. The lowest BCUT2D eigenvalue weighted by Crippen LogP contribution is -2.31. The van der Waals surface area contributed by atoms with E-state index >= 15 is 0 Å². The Morgan fingerprint density at radius 1 is 1.13 bits per heavy atom. The Balaban J connectivity index is 1.42. The van der Waals surface area contributed by atoms with Crippen LogP contribution in [-0.2, 0) is 17.8 Å². The average Bonchev–Trinajstić information content (AvgIpc) is 3.20. The number of benzene rings is 3. The third-order valence-corrected chi connectivity index (χ3v) is 5.57. The van der Waals surface area contributed by atoms with Gasteiger partial charge >= 0.3 is 0 Å². The van der Waals surface area contributed by atoms with Crippen LogP contribution in [0.25, 0.3) is 0 Å². The van der Waals surface area contributed by atoms with Gasteiger partial charge in [-0.05, 0) is 48.0 Å². The molecule has 0 spiro atoms. The lowest BCUT2D eigenvalue weighted by molar-refractivity contribution is -0.122. The molecule has 0 aromatic heterocycles. The summed E-state index contributed by atoms with van der Waals surface area (Å²) in [5.41, 5.74) is 2.30. The van der Waals surface area contributed by atoms with Crippen LogP contribution >= 0.6 is 15.9 Å². The Morgan fingerprint density at radius 2 is 1.94 bits per heavy atom. The van der Waals surface area contributed by atoms with Crippen molar-refractivity contribution in [3.8, 4) is 5.75 Å². The summed E-state index contributed by atoms with van der Waals surface area (Å²) in [7, 11) is 1.61. The van der Waals surface area contributed by atoms with E-state index in [-0.39, 0.29) is 24.2 Å². The summed E-state index contributed by atoms with van der Waals surface area (Å²) < 4.78 is 20.5. The number of carbonyl (C=O) groups is 2. The third-order valence-electron chi connectivity index (χ3n) is 5.08. The number of nitrogens with one attached hydrogen (secondary N) is 1. The van der Waals surface area contributed by atoms with Gasteiger partial charge < -0.3 is 15.0 Å². The molecule has 1 aliphatic rings. The first kappa shape index (κ1) is 21.1. The van der Waals surface area contributed by atoms with Gasteiger partial charge in [-0.3, -0.25) is 9.59 Å². The molecule has 4 rings (SSSR count). The lowest BCUT2D eigenvalue weighted by Gasteiger charge is -2.18. The van der Waals surface area contributed by atoms with E-state index in [0.717, 1.165) is 10.0 Å². The van der Waals surface area contributed by atoms with Gasteiger partial charge in [-0.1, -0.05) is 40.2 Å². The van der Waals surface area contributed by atoms with Crippen molar-refractivity contribution in [2.24, 2.45) is 0 Å². The molecule has 2 amide bonds. The van der Waals surface area contributed by atoms with Crippen LogP contribution in [0.5, 0.6) is 5.75 Å². The summed E-state index contributed by atoms with van der Waals surface area (Å²) in [6.07, 6.45) is -0.111. The molecule has 1 atom stereocenters. The maximum absolute atomic E-state index is 14.0. The van der Waals surface area contributed by atoms with E-state index in [1.54, 1.807) is 43.4 Å². The van der Waals surface area contributed by atoms with Crippen molar-refractivity contribution >= 4 is 33.4 Å². The zero-order chi connectivity index (χ0) is 22.0. The van der Waals surface area contributed by atoms with Gasteiger partial charge in [-0.25, -0.2) is 4.39 Å². The molecule has 7 heteroatoms. The number of amides is 2. The summed E-state index contributed by atoms with van der Waals surface area (Å²) in [4.78, 5) is 26.9. The number of hydrogen-bond donors (Lipinski definition) is 1. The van der Waals surface area contributed by atoms with Crippen molar-refractivity contribution in [3.05, 3.63) is 93.7 Å². The minimum Gasteiger partial charge on any atom is -0.480 e. The molecule has 31 heavy (non-hydrogen) atoms. The van der Waals surface area contributed by atoms with Gasteiger partial charge in [0.2, 0.25) is 0 Å². The quantitative estimate of drug-likeness (QED) is 0.567. The highest BCUT2D eigenvalue weighted by Crippen LogP contribution is 2.28. The Labute approximate surface area is 188 Å². The fraction of sp³-hybridized carbons (Fsp3) is 0.167. The SMILES string of the molecule is CN(Cc1cc(Br)ccc1F)C(=O)c1cccc(NC(=O)C2Cc3ccccc3O2)c1.